The molecule has 0 aliphatic heterocycles. The minimum atomic E-state index is -0.806. The lowest BCUT2D eigenvalue weighted by atomic mass is 9.77. The summed E-state index contributed by atoms with van der Waals surface area (Å²) in [6.07, 6.45) is 0. The van der Waals surface area contributed by atoms with Gasteiger partial charge in [-0.15, -0.1) is 5.10 Å². The van der Waals surface area contributed by atoms with E-state index in [2.05, 4.69) is 120 Å². The van der Waals surface area contributed by atoms with Gasteiger partial charge in [0, 0.05) is 12.1 Å². The summed E-state index contributed by atoms with van der Waals surface area (Å²) >= 11 is 0. The number of aromatic nitrogens is 4. The van der Waals surface area contributed by atoms with Gasteiger partial charge in [-0.25, -0.2) is 4.68 Å². The molecule has 0 amide bonds. The fourth-order valence-corrected chi connectivity index (χ4v) is 5.24. The van der Waals surface area contributed by atoms with Gasteiger partial charge in [-0.1, -0.05) is 140 Å². The Kier molecular flexibility index (Phi) is 6.34. The second-order valence-electron chi connectivity index (χ2n) is 9.17. The summed E-state index contributed by atoms with van der Waals surface area (Å²) in [6.45, 7) is 0.508. The van der Waals surface area contributed by atoms with Crippen LogP contribution in [-0.4, -0.2) is 20.2 Å². The maximum atomic E-state index is 5.85. The van der Waals surface area contributed by atoms with Crippen molar-refractivity contribution in [1.82, 2.24) is 20.2 Å². The van der Waals surface area contributed by atoms with Crippen molar-refractivity contribution in [3.63, 3.8) is 0 Å². The normalized spacial score (nSPS) is 11.4. The summed E-state index contributed by atoms with van der Waals surface area (Å²) in [4.78, 5) is 0. The number of hydrogen-bond donors (Lipinski definition) is 1. The van der Waals surface area contributed by atoms with Crippen molar-refractivity contribution in [1.29, 1.82) is 0 Å². The molecule has 1 heterocycles. The Hall–Kier alpha value is -4.87. The average Bonchev–Trinajstić information content (AvgIpc) is 3.49. The van der Waals surface area contributed by atoms with Gasteiger partial charge in [0.25, 0.3) is 0 Å². The smallest absolute Gasteiger partial charge is 0.184 e. The van der Waals surface area contributed by atoms with Crippen LogP contribution >= 0.6 is 0 Å². The summed E-state index contributed by atoms with van der Waals surface area (Å²) in [5, 5.41) is 13.6. The molecule has 6 rings (SSSR count). The Morgan fingerprint density at radius 1 is 0.553 bits per heavy atom. The Labute approximate surface area is 222 Å². The molecule has 5 heteroatoms. The molecule has 0 saturated carbocycles. The average molecular weight is 494 g/mol. The van der Waals surface area contributed by atoms with Crippen molar-refractivity contribution in [2.75, 3.05) is 0 Å². The van der Waals surface area contributed by atoms with Crippen molar-refractivity contribution >= 4 is 0 Å². The van der Waals surface area contributed by atoms with Crippen molar-refractivity contribution in [2.24, 2.45) is 5.73 Å². The number of hydrogen-bond acceptors (Lipinski definition) is 4. The highest BCUT2D eigenvalue weighted by atomic mass is 15.6. The molecule has 0 bridgehead atoms. The van der Waals surface area contributed by atoms with Crippen molar-refractivity contribution in [2.45, 2.75) is 12.1 Å². The van der Waals surface area contributed by atoms with Crippen LogP contribution in [0, 0.1) is 0 Å². The second-order valence-corrected chi connectivity index (χ2v) is 9.17. The molecule has 2 N–H and O–H groups in total. The Morgan fingerprint density at radius 2 is 1.03 bits per heavy atom. The molecule has 0 aliphatic carbocycles. The van der Waals surface area contributed by atoms with Crippen molar-refractivity contribution in [3.8, 4) is 22.5 Å². The summed E-state index contributed by atoms with van der Waals surface area (Å²) in [6, 6.07) is 47.9. The number of rotatable bonds is 7. The quantitative estimate of drug-likeness (QED) is 0.265. The van der Waals surface area contributed by atoms with Crippen LogP contribution in [0.3, 0.4) is 0 Å². The maximum absolute atomic E-state index is 5.85. The molecule has 0 atom stereocenters. The number of nitrogens with zero attached hydrogens (tertiary/aromatic N) is 4. The van der Waals surface area contributed by atoms with Crippen LogP contribution in [0.1, 0.15) is 22.3 Å². The maximum Gasteiger partial charge on any atom is 0.184 e. The van der Waals surface area contributed by atoms with Gasteiger partial charge in [0.2, 0.25) is 0 Å². The molecule has 0 unspecified atom stereocenters. The number of nitrogens with two attached hydrogens (primary N) is 1. The highest BCUT2D eigenvalue weighted by molar-refractivity contribution is 5.81. The predicted octanol–water partition coefficient (Wildman–Crippen LogP) is 6.31. The monoisotopic (exact) mass is 493 g/mol. The predicted molar refractivity (Wildman–Crippen MR) is 151 cm³/mol. The molecule has 184 valence electrons. The van der Waals surface area contributed by atoms with Gasteiger partial charge in [-0.2, -0.15) is 0 Å². The van der Waals surface area contributed by atoms with Gasteiger partial charge in [0.05, 0.1) is 0 Å². The number of tetrazole rings is 1. The van der Waals surface area contributed by atoms with Crippen LogP contribution in [0.2, 0.25) is 0 Å². The highest BCUT2D eigenvalue weighted by Gasteiger charge is 2.42. The van der Waals surface area contributed by atoms with Gasteiger partial charge in [0.15, 0.2) is 5.82 Å². The molecule has 5 aromatic carbocycles. The summed E-state index contributed by atoms with van der Waals surface area (Å²) in [7, 11) is 0. The lowest BCUT2D eigenvalue weighted by molar-refractivity contribution is 0.451. The third kappa shape index (κ3) is 3.99. The van der Waals surface area contributed by atoms with Gasteiger partial charge < -0.3 is 5.73 Å². The first-order valence-corrected chi connectivity index (χ1v) is 12.7. The molecule has 0 radical (unpaired) electrons. The molecule has 0 spiro atoms. The summed E-state index contributed by atoms with van der Waals surface area (Å²) in [5.41, 5.74) is 12.4. The van der Waals surface area contributed by atoms with Crippen molar-refractivity contribution < 1.29 is 0 Å². The van der Waals surface area contributed by atoms with E-state index >= 15 is 0 Å². The molecule has 6 aromatic rings. The van der Waals surface area contributed by atoms with Crippen LogP contribution in [0.4, 0.5) is 0 Å². The first-order chi connectivity index (χ1) is 18.8. The molecule has 0 aliphatic rings. The third-order valence-corrected chi connectivity index (χ3v) is 7.03. The largest absolute Gasteiger partial charge is 0.326 e. The van der Waals surface area contributed by atoms with E-state index in [0.29, 0.717) is 12.4 Å². The minimum absolute atomic E-state index is 0.508. The molecule has 0 fully saturated rings. The molecule has 38 heavy (non-hydrogen) atoms. The first-order valence-electron chi connectivity index (χ1n) is 12.7. The fourth-order valence-electron chi connectivity index (χ4n) is 5.24. The van der Waals surface area contributed by atoms with Crippen LogP contribution in [0.5, 0.6) is 0 Å². The zero-order chi connectivity index (χ0) is 25.8. The van der Waals surface area contributed by atoms with E-state index < -0.39 is 5.54 Å². The van der Waals surface area contributed by atoms with E-state index in [1.165, 1.54) is 0 Å². The molecule has 0 saturated heterocycles. The van der Waals surface area contributed by atoms with Crippen LogP contribution < -0.4 is 5.73 Å². The fraction of sp³-hybridized carbons (Fsp3) is 0.0606. The van der Waals surface area contributed by atoms with E-state index in [9.17, 15) is 0 Å². The Morgan fingerprint density at radius 3 is 1.53 bits per heavy atom. The van der Waals surface area contributed by atoms with Gasteiger partial charge in [-0.05, 0) is 43.8 Å². The van der Waals surface area contributed by atoms with E-state index in [1.807, 2.05) is 35.0 Å². The third-order valence-electron chi connectivity index (χ3n) is 7.03. The van der Waals surface area contributed by atoms with E-state index in [4.69, 9.17) is 10.9 Å². The zero-order valence-corrected chi connectivity index (χ0v) is 20.9. The molecular formula is C33H27N5. The van der Waals surface area contributed by atoms with Gasteiger partial charge in [0.1, 0.15) is 5.54 Å². The zero-order valence-electron chi connectivity index (χ0n) is 20.9. The van der Waals surface area contributed by atoms with E-state index in [0.717, 1.165) is 38.9 Å². The van der Waals surface area contributed by atoms with E-state index in [1.54, 1.807) is 0 Å². The molecule has 1 aromatic heterocycles. The lowest BCUT2D eigenvalue weighted by Crippen LogP contribution is -2.39. The second kappa shape index (κ2) is 10.2. The van der Waals surface area contributed by atoms with Crippen LogP contribution in [0.15, 0.2) is 140 Å². The van der Waals surface area contributed by atoms with Crippen LogP contribution in [-0.2, 0) is 12.1 Å². The van der Waals surface area contributed by atoms with Crippen LogP contribution in [0.25, 0.3) is 22.5 Å². The number of benzene rings is 5. The first kappa shape index (κ1) is 23.5. The van der Waals surface area contributed by atoms with Gasteiger partial charge in [-0.3, -0.25) is 0 Å². The lowest BCUT2D eigenvalue weighted by Gasteiger charge is -2.36. The molecular weight excluding hydrogens is 466 g/mol. The van der Waals surface area contributed by atoms with Gasteiger partial charge >= 0.3 is 0 Å². The summed E-state index contributed by atoms with van der Waals surface area (Å²) < 4.78 is 1.97. The Balaban J connectivity index is 1.66. The Bertz CT molecular complexity index is 1530. The topological polar surface area (TPSA) is 69.6 Å². The van der Waals surface area contributed by atoms with E-state index in [-0.39, 0.29) is 0 Å². The SMILES string of the molecule is NCc1ccc(-c2ccccc2-c2nnnn2C(c2ccccc2)(c2ccccc2)c2ccccc2)cc1. The highest BCUT2D eigenvalue weighted by Crippen LogP contribution is 2.43. The summed E-state index contributed by atoms with van der Waals surface area (Å²) in [5.74, 6) is 0.681. The molecule has 5 nitrogen and oxygen atoms in total. The van der Waals surface area contributed by atoms with Crippen molar-refractivity contribution in [3.05, 3.63) is 162 Å². The minimum Gasteiger partial charge on any atom is -0.326 e. The standard InChI is InChI=1S/C33H27N5/c34-24-25-20-22-26(23-21-25)30-18-10-11-19-31(30)32-35-36-37-38(32)33(27-12-4-1-5-13-27,28-14-6-2-7-15-28)29-16-8-3-9-17-29/h1-23H,24,34H2.